The van der Waals surface area contributed by atoms with Crippen LogP contribution in [0.15, 0.2) is 30.3 Å². The van der Waals surface area contributed by atoms with Crippen molar-refractivity contribution in [2.45, 2.75) is 6.92 Å². The Balaban J connectivity index is 2.60. The van der Waals surface area contributed by atoms with E-state index in [1.165, 1.54) is 0 Å². The summed E-state index contributed by atoms with van der Waals surface area (Å²) >= 11 is 1.63. The van der Waals surface area contributed by atoms with Crippen molar-refractivity contribution in [3.8, 4) is 11.3 Å². The van der Waals surface area contributed by atoms with Gasteiger partial charge in [-0.1, -0.05) is 36.9 Å². The lowest BCUT2D eigenvalue weighted by molar-refractivity contribution is 1.25. The van der Waals surface area contributed by atoms with Gasteiger partial charge in [0.15, 0.2) is 0 Å². The predicted octanol–water partition coefficient (Wildman–Crippen LogP) is 2.79. The van der Waals surface area contributed by atoms with Gasteiger partial charge in [-0.05, 0) is 17.4 Å². The maximum absolute atomic E-state index is 3.05. The maximum Gasteiger partial charge on any atom is 0.0486 e. The summed E-state index contributed by atoms with van der Waals surface area (Å²) in [5, 5.41) is 3.03. The van der Waals surface area contributed by atoms with E-state index in [9.17, 15) is 0 Å². The van der Waals surface area contributed by atoms with Crippen molar-refractivity contribution in [2.75, 3.05) is 17.7 Å². The van der Waals surface area contributed by atoms with Crippen molar-refractivity contribution in [3.63, 3.8) is 0 Å². The SMILES string of the molecule is CCSC#CN(C)c1ccccc1. The molecular weight excluding hydrogens is 178 g/mol. The second-order valence-electron chi connectivity index (χ2n) is 2.54. The highest BCUT2D eigenvalue weighted by atomic mass is 32.2. The zero-order chi connectivity index (χ0) is 9.52. The topological polar surface area (TPSA) is 3.24 Å². The van der Waals surface area contributed by atoms with Gasteiger partial charge in [0.1, 0.15) is 0 Å². The Hall–Kier alpha value is -1.07. The van der Waals surface area contributed by atoms with Crippen LogP contribution in [0.1, 0.15) is 6.92 Å². The van der Waals surface area contributed by atoms with Crippen molar-refractivity contribution in [2.24, 2.45) is 0 Å². The molecule has 1 aromatic rings. The Kier molecular flexibility index (Phi) is 4.28. The summed E-state index contributed by atoms with van der Waals surface area (Å²) in [7, 11) is 1.97. The average Bonchev–Trinajstić information content (AvgIpc) is 2.19. The van der Waals surface area contributed by atoms with Gasteiger partial charge in [0.2, 0.25) is 0 Å². The molecule has 0 aromatic heterocycles. The van der Waals surface area contributed by atoms with E-state index in [1.807, 2.05) is 42.3 Å². The van der Waals surface area contributed by atoms with Gasteiger partial charge in [-0.2, -0.15) is 0 Å². The molecule has 0 heterocycles. The molecule has 13 heavy (non-hydrogen) atoms. The normalized spacial score (nSPS) is 8.77. The number of para-hydroxylation sites is 1. The Labute approximate surface area is 84.1 Å². The van der Waals surface area contributed by atoms with E-state index in [2.05, 4.69) is 18.2 Å². The molecule has 1 rings (SSSR count). The van der Waals surface area contributed by atoms with Crippen molar-refractivity contribution in [3.05, 3.63) is 30.3 Å². The van der Waals surface area contributed by atoms with E-state index in [0.717, 1.165) is 11.4 Å². The Morgan fingerprint density at radius 2 is 2.00 bits per heavy atom. The minimum Gasteiger partial charge on any atom is -0.304 e. The van der Waals surface area contributed by atoms with Crippen LogP contribution < -0.4 is 4.90 Å². The Bertz CT molecular complexity index is 297. The second kappa shape index (κ2) is 5.55. The van der Waals surface area contributed by atoms with Gasteiger partial charge in [0.05, 0.1) is 0 Å². The number of hydrogen-bond acceptors (Lipinski definition) is 2. The summed E-state index contributed by atoms with van der Waals surface area (Å²) in [4.78, 5) is 1.93. The van der Waals surface area contributed by atoms with E-state index >= 15 is 0 Å². The van der Waals surface area contributed by atoms with Gasteiger partial charge >= 0.3 is 0 Å². The quantitative estimate of drug-likeness (QED) is 0.522. The molecule has 0 radical (unpaired) electrons. The van der Waals surface area contributed by atoms with Gasteiger partial charge in [0.25, 0.3) is 0 Å². The third kappa shape index (κ3) is 3.43. The summed E-state index contributed by atoms with van der Waals surface area (Å²) in [5.74, 6) is 1.04. The lowest BCUT2D eigenvalue weighted by Crippen LogP contribution is -2.07. The molecule has 1 nitrogen and oxygen atoms in total. The molecular formula is C11H13NS. The molecule has 0 atom stereocenters. The number of nitrogens with zero attached hydrogens (tertiary/aromatic N) is 1. The van der Waals surface area contributed by atoms with E-state index < -0.39 is 0 Å². The molecule has 0 aliphatic rings. The van der Waals surface area contributed by atoms with Crippen molar-refractivity contribution >= 4 is 17.4 Å². The van der Waals surface area contributed by atoms with Crippen LogP contribution in [-0.2, 0) is 0 Å². The molecule has 2 heteroatoms. The summed E-state index contributed by atoms with van der Waals surface area (Å²) in [6.07, 6.45) is 0. The zero-order valence-electron chi connectivity index (χ0n) is 7.95. The number of anilines is 1. The standard InChI is InChI=1S/C11H13NS/c1-3-13-10-9-12(2)11-7-5-4-6-8-11/h4-8H,3H2,1-2H3. The molecule has 0 fully saturated rings. The zero-order valence-corrected chi connectivity index (χ0v) is 8.77. The minimum absolute atomic E-state index is 1.04. The number of thioether (sulfide) groups is 1. The minimum atomic E-state index is 1.04. The highest BCUT2D eigenvalue weighted by Crippen LogP contribution is 2.09. The molecule has 0 unspecified atom stereocenters. The first-order chi connectivity index (χ1) is 6.34. The van der Waals surface area contributed by atoms with Gasteiger partial charge in [-0.25, -0.2) is 0 Å². The van der Waals surface area contributed by atoms with Crippen LogP contribution in [0.2, 0.25) is 0 Å². The fourth-order valence-electron chi connectivity index (χ4n) is 0.889. The van der Waals surface area contributed by atoms with Crippen LogP contribution >= 0.6 is 11.8 Å². The van der Waals surface area contributed by atoms with Crippen LogP contribution in [0, 0.1) is 11.3 Å². The molecule has 0 saturated heterocycles. The molecule has 0 aliphatic carbocycles. The second-order valence-corrected chi connectivity index (χ2v) is 3.61. The lowest BCUT2D eigenvalue weighted by atomic mass is 10.3. The van der Waals surface area contributed by atoms with Crippen LogP contribution in [0.3, 0.4) is 0 Å². The van der Waals surface area contributed by atoms with E-state index in [0.29, 0.717) is 0 Å². The van der Waals surface area contributed by atoms with Gasteiger partial charge in [0, 0.05) is 24.5 Å². The highest BCUT2D eigenvalue weighted by Gasteiger charge is 1.92. The highest BCUT2D eigenvalue weighted by molar-refractivity contribution is 8.03. The van der Waals surface area contributed by atoms with Gasteiger partial charge in [-0.3, -0.25) is 0 Å². The predicted molar refractivity (Wildman–Crippen MR) is 60.8 cm³/mol. The largest absolute Gasteiger partial charge is 0.304 e. The molecule has 68 valence electrons. The van der Waals surface area contributed by atoms with Crippen LogP contribution in [0.25, 0.3) is 0 Å². The summed E-state index contributed by atoms with van der Waals surface area (Å²) in [5.41, 5.74) is 1.13. The molecule has 0 N–H and O–H groups in total. The van der Waals surface area contributed by atoms with Crippen LogP contribution in [0.4, 0.5) is 5.69 Å². The maximum atomic E-state index is 3.05. The molecule has 0 bridgehead atoms. The van der Waals surface area contributed by atoms with E-state index in [-0.39, 0.29) is 0 Å². The fourth-order valence-corrected chi connectivity index (χ4v) is 1.23. The first-order valence-electron chi connectivity index (χ1n) is 4.26. The number of rotatable bonds is 2. The monoisotopic (exact) mass is 191 g/mol. The molecule has 1 aromatic carbocycles. The Morgan fingerprint density at radius 1 is 1.31 bits per heavy atom. The summed E-state index contributed by atoms with van der Waals surface area (Å²) < 4.78 is 0. The van der Waals surface area contributed by atoms with Crippen molar-refractivity contribution in [1.29, 1.82) is 0 Å². The summed E-state index contributed by atoms with van der Waals surface area (Å²) in [6.45, 7) is 2.10. The van der Waals surface area contributed by atoms with Crippen LogP contribution in [-0.4, -0.2) is 12.8 Å². The van der Waals surface area contributed by atoms with Crippen molar-refractivity contribution in [1.82, 2.24) is 0 Å². The smallest absolute Gasteiger partial charge is 0.0486 e. The summed E-state index contributed by atoms with van der Waals surface area (Å²) in [6, 6.07) is 13.2. The van der Waals surface area contributed by atoms with E-state index in [4.69, 9.17) is 0 Å². The third-order valence-corrected chi connectivity index (χ3v) is 2.10. The first-order valence-corrected chi connectivity index (χ1v) is 5.24. The lowest BCUT2D eigenvalue weighted by Gasteiger charge is -2.09. The van der Waals surface area contributed by atoms with Gasteiger partial charge in [-0.15, -0.1) is 0 Å². The molecule has 0 spiro atoms. The van der Waals surface area contributed by atoms with Crippen LogP contribution in [0.5, 0.6) is 0 Å². The van der Waals surface area contributed by atoms with Gasteiger partial charge < -0.3 is 4.90 Å². The average molecular weight is 191 g/mol. The molecule has 0 aliphatic heterocycles. The fraction of sp³-hybridized carbons (Fsp3) is 0.273. The Morgan fingerprint density at radius 3 is 2.62 bits per heavy atom. The number of benzene rings is 1. The molecule has 0 amide bonds. The number of hydrogen-bond donors (Lipinski definition) is 0. The van der Waals surface area contributed by atoms with Crippen molar-refractivity contribution < 1.29 is 0 Å². The third-order valence-electron chi connectivity index (χ3n) is 1.57. The molecule has 0 saturated carbocycles. The first kappa shape index (κ1) is 10.0. The van der Waals surface area contributed by atoms with E-state index in [1.54, 1.807) is 11.8 Å².